The molecule has 13 heteroatoms. The molecule has 2 aromatic rings. The molecule has 2 aliphatic heterocycles. The van der Waals surface area contributed by atoms with Crippen LogP contribution in [0.2, 0.25) is 0 Å². The van der Waals surface area contributed by atoms with Crippen molar-refractivity contribution in [2.75, 3.05) is 55.1 Å². The number of likely N-dealkylation sites (tertiary alicyclic amines) is 1. The summed E-state index contributed by atoms with van der Waals surface area (Å²) >= 11 is 0. The summed E-state index contributed by atoms with van der Waals surface area (Å²) in [7, 11) is 3.98. The van der Waals surface area contributed by atoms with Crippen LogP contribution < -0.4 is 25.2 Å². The first kappa shape index (κ1) is 28.2. The predicted molar refractivity (Wildman–Crippen MR) is 153 cm³/mol. The van der Waals surface area contributed by atoms with Gasteiger partial charge in [0.15, 0.2) is 5.82 Å². The second kappa shape index (κ2) is 11.7. The van der Waals surface area contributed by atoms with Crippen molar-refractivity contribution in [2.45, 2.75) is 56.5 Å². The number of carbonyl (C=O) groups excluding carboxylic acids is 2. The first-order valence-corrected chi connectivity index (χ1v) is 15.4. The minimum Gasteiger partial charge on any atom is -0.495 e. The van der Waals surface area contributed by atoms with E-state index >= 15 is 0 Å². The third-order valence-electron chi connectivity index (χ3n) is 8.22. The summed E-state index contributed by atoms with van der Waals surface area (Å²) < 4.78 is 35.3. The SMILES string of the molecule is COc1cc(C(=O)NC2CCN(C[SiH3])CC2)ccc1Nc1ncc2c(n1)N(C1CCCC1)CC(F)(F)C(=O)N2C. The van der Waals surface area contributed by atoms with Gasteiger partial charge in [0.2, 0.25) is 5.95 Å². The number of alkyl halides is 2. The number of nitrogens with zero attached hydrogens (tertiary/aromatic N) is 5. The lowest BCUT2D eigenvalue weighted by Gasteiger charge is -2.31. The molecule has 3 heterocycles. The fourth-order valence-electron chi connectivity index (χ4n) is 5.82. The average molecular weight is 574 g/mol. The van der Waals surface area contributed by atoms with Crippen LogP contribution in [-0.4, -0.2) is 94.9 Å². The summed E-state index contributed by atoms with van der Waals surface area (Å²) in [6.45, 7) is 1.28. The Morgan fingerprint density at radius 3 is 2.60 bits per heavy atom. The Morgan fingerprint density at radius 1 is 1.20 bits per heavy atom. The number of carbonyl (C=O) groups is 2. The molecule has 10 nitrogen and oxygen atoms in total. The summed E-state index contributed by atoms with van der Waals surface area (Å²) in [6.07, 6.45) is 7.83. The van der Waals surface area contributed by atoms with Crippen LogP contribution in [0.1, 0.15) is 48.9 Å². The van der Waals surface area contributed by atoms with Crippen molar-refractivity contribution in [1.82, 2.24) is 20.2 Å². The number of fused-ring (bicyclic) bond motifs is 1. The van der Waals surface area contributed by atoms with Gasteiger partial charge in [-0.3, -0.25) is 9.59 Å². The largest absolute Gasteiger partial charge is 0.495 e. The summed E-state index contributed by atoms with van der Waals surface area (Å²) in [4.78, 5) is 39.3. The summed E-state index contributed by atoms with van der Waals surface area (Å²) in [6, 6.07) is 5.09. The molecule has 3 aliphatic rings. The zero-order valence-corrected chi connectivity index (χ0v) is 25.3. The number of methoxy groups -OCH3 is 1. The first-order chi connectivity index (χ1) is 19.2. The fraction of sp³-hybridized carbons (Fsp3) is 0.556. The Bertz CT molecular complexity index is 1250. The second-order valence-corrected chi connectivity index (χ2v) is 11.4. The van der Waals surface area contributed by atoms with E-state index in [4.69, 9.17) is 4.74 Å². The van der Waals surface area contributed by atoms with E-state index < -0.39 is 18.4 Å². The highest BCUT2D eigenvalue weighted by Gasteiger charge is 2.48. The summed E-state index contributed by atoms with van der Waals surface area (Å²) in [5.74, 6) is -4.08. The maximum absolute atomic E-state index is 14.9. The number of hydrogen-bond donors (Lipinski definition) is 2. The molecule has 2 N–H and O–H groups in total. The number of nitrogens with one attached hydrogen (secondary N) is 2. The molecule has 0 unspecified atom stereocenters. The van der Waals surface area contributed by atoms with Gasteiger partial charge < -0.3 is 30.1 Å². The van der Waals surface area contributed by atoms with Gasteiger partial charge in [-0.05, 0) is 63.1 Å². The molecule has 216 valence electrons. The molecule has 0 radical (unpaired) electrons. The van der Waals surface area contributed by atoms with Crippen LogP contribution in [0.25, 0.3) is 0 Å². The van der Waals surface area contributed by atoms with Crippen LogP contribution >= 0.6 is 0 Å². The van der Waals surface area contributed by atoms with Crippen LogP contribution in [0, 0.1) is 0 Å². The van der Waals surface area contributed by atoms with E-state index in [1.807, 2.05) is 0 Å². The smallest absolute Gasteiger partial charge is 0.342 e. The zero-order chi connectivity index (χ0) is 28.4. The minimum absolute atomic E-state index is 0.130. The third-order valence-corrected chi connectivity index (χ3v) is 9.11. The van der Waals surface area contributed by atoms with Crippen molar-refractivity contribution in [3.05, 3.63) is 30.0 Å². The maximum Gasteiger partial charge on any atom is 0.342 e. The molecule has 1 aromatic heterocycles. The van der Waals surface area contributed by atoms with Crippen molar-refractivity contribution < 1.29 is 23.1 Å². The van der Waals surface area contributed by atoms with Crippen LogP contribution in [0.3, 0.4) is 0 Å². The van der Waals surface area contributed by atoms with Crippen molar-refractivity contribution in [2.24, 2.45) is 0 Å². The molecule has 1 saturated carbocycles. The van der Waals surface area contributed by atoms with Crippen molar-refractivity contribution in [3.63, 3.8) is 0 Å². The van der Waals surface area contributed by atoms with Crippen LogP contribution in [0.5, 0.6) is 5.75 Å². The number of hydrogen-bond acceptors (Lipinski definition) is 8. The van der Waals surface area contributed by atoms with Gasteiger partial charge in [-0.1, -0.05) is 12.8 Å². The van der Waals surface area contributed by atoms with Gasteiger partial charge in [-0.2, -0.15) is 13.8 Å². The molecule has 0 bridgehead atoms. The van der Waals surface area contributed by atoms with E-state index in [0.717, 1.165) is 72.9 Å². The summed E-state index contributed by atoms with van der Waals surface area (Å²) in [5.41, 5.74) is 1.24. The molecule has 5 rings (SSSR count). The van der Waals surface area contributed by atoms with Gasteiger partial charge in [0.25, 0.3) is 11.8 Å². The van der Waals surface area contributed by atoms with Gasteiger partial charge in [0, 0.05) is 34.9 Å². The normalized spacial score (nSPS) is 20.4. The molecule has 1 aromatic carbocycles. The van der Waals surface area contributed by atoms with E-state index in [-0.39, 0.29) is 29.6 Å². The predicted octanol–water partition coefficient (Wildman–Crippen LogP) is 2.11. The number of ether oxygens (including phenoxy) is 1. The molecule has 1 aliphatic carbocycles. The highest BCUT2D eigenvalue weighted by molar-refractivity contribution is 6.08. The van der Waals surface area contributed by atoms with Crippen molar-refractivity contribution in [1.29, 1.82) is 0 Å². The average Bonchev–Trinajstić information content (AvgIpc) is 3.48. The number of benzene rings is 1. The highest BCUT2D eigenvalue weighted by atomic mass is 28.1. The Hall–Kier alpha value is -3.32. The molecule has 2 fully saturated rings. The monoisotopic (exact) mass is 573 g/mol. The molecule has 0 spiro atoms. The lowest BCUT2D eigenvalue weighted by atomic mass is 10.0. The molecular weight excluding hydrogens is 536 g/mol. The molecule has 40 heavy (non-hydrogen) atoms. The quantitative estimate of drug-likeness (QED) is 0.486. The summed E-state index contributed by atoms with van der Waals surface area (Å²) in [5, 5.41) is 6.24. The van der Waals surface area contributed by atoms with Gasteiger partial charge in [-0.15, -0.1) is 0 Å². The van der Waals surface area contributed by atoms with Crippen molar-refractivity contribution >= 4 is 45.2 Å². The van der Waals surface area contributed by atoms with Crippen LogP contribution in [0.15, 0.2) is 24.4 Å². The molecule has 1 saturated heterocycles. The minimum atomic E-state index is -3.54. The Kier molecular flexibility index (Phi) is 8.22. The van der Waals surface area contributed by atoms with Gasteiger partial charge in [0.1, 0.15) is 11.4 Å². The molecule has 2 amide bonds. The Morgan fingerprint density at radius 2 is 1.93 bits per heavy atom. The number of rotatable bonds is 7. The molecule has 0 atom stereocenters. The highest BCUT2D eigenvalue weighted by Crippen LogP contribution is 2.40. The lowest BCUT2D eigenvalue weighted by molar-refractivity contribution is -0.140. The first-order valence-electron chi connectivity index (χ1n) is 14.0. The van der Waals surface area contributed by atoms with E-state index in [2.05, 4.69) is 25.5 Å². The molecular formula is C27H37F2N7O3Si. The number of piperidine rings is 1. The maximum atomic E-state index is 14.9. The zero-order valence-electron chi connectivity index (χ0n) is 23.3. The van der Waals surface area contributed by atoms with E-state index in [9.17, 15) is 18.4 Å². The Labute approximate surface area is 235 Å². The van der Waals surface area contributed by atoms with E-state index in [1.54, 1.807) is 23.1 Å². The van der Waals surface area contributed by atoms with E-state index in [1.165, 1.54) is 20.4 Å². The van der Waals surface area contributed by atoms with Crippen LogP contribution in [-0.2, 0) is 4.79 Å². The lowest BCUT2D eigenvalue weighted by Crippen LogP contribution is -2.48. The van der Waals surface area contributed by atoms with Crippen molar-refractivity contribution in [3.8, 4) is 5.75 Å². The number of anilines is 4. The van der Waals surface area contributed by atoms with Crippen LogP contribution in [0.4, 0.5) is 31.9 Å². The second-order valence-electron chi connectivity index (χ2n) is 10.8. The standard InChI is InChI=1S/C27H37F2N7O3Si/c1-34-21-14-30-26(33-23(21)36(19-5-3-4-6-19)15-27(28,29)25(34)38)32-20-8-7-17(13-22(20)39-2)24(37)31-18-9-11-35(16-40)12-10-18/h7-8,13-14,18-19H,3-6,9-12,15-16H2,1-2,40H3,(H,31,37)(H,30,32,33). The Balaban J connectivity index is 1.37. The van der Waals surface area contributed by atoms with E-state index in [0.29, 0.717) is 22.8 Å². The third kappa shape index (κ3) is 5.75. The number of amides is 2. The van der Waals surface area contributed by atoms with Gasteiger partial charge in [0.05, 0.1) is 25.5 Å². The fourth-order valence-corrected chi connectivity index (χ4v) is 6.45. The van der Waals surface area contributed by atoms with Gasteiger partial charge >= 0.3 is 5.92 Å². The topological polar surface area (TPSA) is 103 Å². The van der Waals surface area contributed by atoms with Gasteiger partial charge in [-0.25, -0.2) is 4.98 Å². The number of aromatic nitrogens is 2. The number of halogens is 2.